The van der Waals surface area contributed by atoms with E-state index in [1.165, 1.54) is 12.8 Å². The zero-order valence-corrected chi connectivity index (χ0v) is 9.39. The topological polar surface area (TPSA) is 77.8 Å². The SMILES string of the molecule is O=C(O)CCN(CCC(=O)O)C1CCCC1. The molecule has 0 unspecified atom stereocenters. The van der Waals surface area contributed by atoms with Crippen molar-refractivity contribution in [2.75, 3.05) is 13.1 Å². The molecule has 16 heavy (non-hydrogen) atoms. The van der Waals surface area contributed by atoms with Crippen LogP contribution >= 0.6 is 0 Å². The Morgan fingerprint density at radius 1 is 1.00 bits per heavy atom. The third-order valence-electron chi connectivity index (χ3n) is 3.07. The molecule has 0 saturated heterocycles. The highest BCUT2D eigenvalue weighted by Crippen LogP contribution is 2.23. The molecule has 1 saturated carbocycles. The van der Waals surface area contributed by atoms with Crippen LogP contribution in [0.2, 0.25) is 0 Å². The molecule has 0 aromatic carbocycles. The lowest BCUT2D eigenvalue weighted by molar-refractivity contribution is -0.137. The van der Waals surface area contributed by atoms with Crippen molar-refractivity contribution in [1.29, 1.82) is 0 Å². The molecule has 5 nitrogen and oxygen atoms in total. The van der Waals surface area contributed by atoms with Gasteiger partial charge in [-0.2, -0.15) is 0 Å². The van der Waals surface area contributed by atoms with Crippen LogP contribution in [0.15, 0.2) is 0 Å². The van der Waals surface area contributed by atoms with E-state index < -0.39 is 11.9 Å². The van der Waals surface area contributed by atoms with Gasteiger partial charge in [0.1, 0.15) is 0 Å². The van der Waals surface area contributed by atoms with Crippen molar-refractivity contribution in [3.8, 4) is 0 Å². The lowest BCUT2D eigenvalue weighted by Gasteiger charge is -2.27. The van der Waals surface area contributed by atoms with E-state index in [4.69, 9.17) is 10.2 Å². The van der Waals surface area contributed by atoms with Gasteiger partial charge < -0.3 is 10.2 Å². The predicted octanol–water partition coefficient (Wildman–Crippen LogP) is 1.18. The average Bonchev–Trinajstić information content (AvgIpc) is 2.70. The fraction of sp³-hybridized carbons (Fsp3) is 0.818. The second-order valence-electron chi connectivity index (χ2n) is 4.26. The molecule has 5 heteroatoms. The number of carboxylic acids is 2. The van der Waals surface area contributed by atoms with Crippen LogP contribution in [0.5, 0.6) is 0 Å². The van der Waals surface area contributed by atoms with Crippen LogP contribution in [0.3, 0.4) is 0 Å². The number of carboxylic acid groups (broad SMARTS) is 2. The van der Waals surface area contributed by atoms with Gasteiger partial charge in [0, 0.05) is 19.1 Å². The summed E-state index contributed by atoms with van der Waals surface area (Å²) < 4.78 is 0. The van der Waals surface area contributed by atoms with Gasteiger partial charge in [0.05, 0.1) is 12.8 Å². The Balaban J connectivity index is 2.39. The quantitative estimate of drug-likeness (QED) is 0.685. The van der Waals surface area contributed by atoms with Crippen LogP contribution in [-0.4, -0.2) is 46.2 Å². The van der Waals surface area contributed by atoms with Crippen molar-refractivity contribution >= 4 is 11.9 Å². The highest BCUT2D eigenvalue weighted by atomic mass is 16.4. The molecule has 0 spiro atoms. The first-order chi connectivity index (χ1) is 7.59. The van der Waals surface area contributed by atoms with Gasteiger partial charge in [-0.05, 0) is 12.8 Å². The lowest BCUT2D eigenvalue weighted by atomic mass is 10.2. The summed E-state index contributed by atoms with van der Waals surface area (Å²) in [6, 6.07) is 0.388. The number of aliphatic carboxylic acids is 2. The molecule has 0 aliphatic heterocycles. The minimum atomic E-state index is -0.821. The van der Waals surface area contributed by atoms with E-state index in [1.54, 1.807) is 0 Å². The normalized spacial score (nSPS) is 16.8. The molecule has 0 atom stereocenters. The zero-order chi connectivity index (χ0) is 12.0. The monoisotopic (exact) mass is 229 g/mol. The van der Waals surface area contributed by atoms with Gasteiger partial charge in [0.15, 0.2) is 0 Å². The molecule has 92 valence electrons. The second kappa shape index (κ2) is 6.48. The average molecular weight is 229 g/mol. The van der Waals surface area contributed by atoms with Crippen LogP contribution in [0, 0.1) is 0 Å². The summed E-state index contributed by atoms with van der Waals surface area (Å²) in [5, 5.41) is 17.3. The maximum absolute atomic E-state index is 10.5. The van der Waals surface area contributed by atoms with Gasteiger partial charge >= 0.3 is 11.9 Å². The molecule has 1 fully saturated rings. The molecular formula is C11H19NO4. The van der Waals surface area contributed by atoms with Gasteiger partial charge in [-0.25, -0.2) is 0 Å². The molecule has 2 N–H and O–H groups in total. The highest BCUT2D eigenvalue weighted by Gasteiger charge is 2.23. The molecule has 0 aromatic heterocycles. The predicted molar refractivity (Wildman–Crippen MR) is 58.3 cm³/mol. The third kappa shape index (κ3) is 4.61. The molecule has 0 aromatic rings. The Morgan fingerprint density at radius 2 is 1.44 bits per heavy atom. The van der Waals surface area contributed by atoms with Gasteiger partial charge in [-0.15, -0.1) is 0 Å². The third-order valence-corrected chi connectivity index (χ3v) is 3.07. The summed E-state index contributed by atoms with van der Waals surface area (Å²) in [6.45, 7) is 0.931. The zero-order valence-electron chi connectivity index (χ0n) is 9.39. The van der Waals surface area contributed by atoms with Crippen LogP contribution in [0.1, 0.15) is 38.5 Å². The molecule has 0 radical (unpaired) electrons. The maximum atomic E-state index is 10.5. The van der Waals surface area contributed by atoms with Gasteiger partial charge in [0.2, 0.25) is 0 Å². The van der Waals surface area contributed by atoms with E-state index in [9.17, 15) is 9.59 Å². The van der Waals surface area contributed by atoms with Crippen LogP contribution < -0.4 is 0 Å². The number of carbonyl (C=O) groups is 2. The first kappa shape index (κ1) is 13.0. The Bertz CT molecular complexity index is 230. The molecule has 1 aliphatic rings. The van der Waals surface area contributed by atoms with E-state index >= 15 is 0 Å². The van der Waals surface area contributed by atoms with E-state index in [-0.39, 0.29) is 12.8 Å². The minimum Gasteiger partial charge on any atom is -0.481 e. The number of hydrogen-bond donors (Lipinski definition) is 2. The summed E-state index contributed by atoms with van der Waals surface area (Å²) in [6.07, 6.45) is 4.66. The van der Waals surface area contributed by atoms with Gasteiger partial charge in [-0.3, -0.25) is 14.5 Å². The summed E-state index contributed by atoms with van der Waals surface area (Å²) in [7, 11) is 0. The molecule has 0 bridgehead atoms. The summed E-state index contributed by atoms with van der Waals surface area (Å²) in [5.74, 6) is -1.64. The number of nitrogens with zero attached hydrogens (tertiary/aromatic N) is 1. The Morgan fingerprint density at radius 3 is 1.81 bits per heavy atom. The van der Waals surface area contributed by atoms with Crippen molar-refractivity contribution in [3.05, 3.63) is 0 Å². The summed E-state index contributed by atoms with van der Waals surface area (Å²) in [4.78, 5) is 23.1. The van der Waals surface area contributed by atoms with Crippen LogP contribution in [0.25, 0.3) is 0 Å². The summed E-state index contributed by atoms with van der Waals surface area (Å²) >= 11 is 0. The summed E-state index contributed by atoms with van der Waals surface area (Å²) in [5.41, 5.74) is 0. The fourth-order valence-corrected chi connectivity index (χ4v) is 2.22. The van der Waals surface area contributed by atoms with Crippen molar-refractivity contribution in [3.63, 3.8) is 0 Å². The molecule has 1 rings (SSSR count). The van der Waals surface area contributed by atoms with Crippen LogP contribution in [-0.2, 0) is 9.59 Å². The van der Waals surface area contributed by atoms with E-state index in [1.807, 2.05) is 4.90 Å². The number of rotatable bonds is 7. The van der Waals surface area contributed by atoms with E-state index in [0.717, 1.165) is 12.8 Å². The Hall–Kier alpha value is -1.10. The van der Waals surface area contributed by atoms with E-state index in [2.05, 4.69) is 0 Å². The Kier molecular flexibility index (Phi) is 5.25. The second-order valence-corrected chi connectivity index (χ2v) is 4.26. The van der Waals surface area contributed by atoms with Crippen molar-refractivity contribution in [2.24, 2.45) is 0 Å². The Labute approximate surface area is 95.1 Å². The lowest BCUT2D eigenvalue weighted by Crippen LogP contribution is -2.36. The molecule has 0 amide bonds. The van der Waals surface area contributed by atoms with Gasteiger partial charge in [0.25, 0.3) is 0 Å². The standard InChI is InChI=1S/C11H19NO4/c13-10(14)5-7-12(8-6-11(15)16)9-3-1-2-4-9/h9H,1-8H2,(H,13,14)(H,15,16). The van der Waals surface area contributed by atoms with Crippen molar-refractivity contribution in [1.82, 2.24) is 4.90 Å². The number of hydrogen-bond acceptors (Lipinski definition) is 3. The van der Waals surface area contributed by atoms with Gasteiger partial charge in [-0.1, -0.05) is 12.8 Å². The largest absolute Gasteiger partial charge is 0.481 e. The smallest absolute Gasteiger partial charge is 0.304 e. The van der Waals surface area contributed by atoms with E-state index in [0.29, 0.717) is 19.1 Å². The molecule has 1 aliphatic carbocycles. The van der Waals surface area contributed by atoms with Crippen molar-refractivity contribution in [2.45, 2.75) is 44.6 Å². The van der Waals surface area contributed by atoms with Crippen molar-refractivity contribution < 1.29 is 19.8 Å². The molecular weight excluding hydrogens is 210 g/mol. The first-order valence-electron chi connectivity index (χ1n) is 5.77. The first-order valence-corrected chi connectivity index (χ1v) is 5.77. The highest BCUT2D eigenvalue weighted by molar-refractivity contribution is 5.67. The molecule has 0 heterocycles. The fourth-order valence-electron chi connectivity index (χ4n) is 2.22. The minimum absolute atomic E-state index is 0.0934. The van der Waals surface area contributed by atoms with Crippen LogP contribution in [0.4, 0.5) is 0 Å². The maximum Gasteiger partial charge on any atom is 0.304 e.